The van der Waals surface area contributed by atoms with Crippen LogP contribution in [0.4, 0.5) is 0 Å². The molecule has 0 saturated heterocycles. The van der Waals surface area contributed by atoms with E-state index in [9.17, 15) is 0 Å². The van der Waals surface area contributed by atoms with E-state index in [1.165, 1.54) is 16.7 Å². The van der Waals surface area contributed by atoms with Crippen LogP contribution in [0, 0.1) is 0 Å². The van der Waals surface area contributed by atoms with Gasteiger partial charge in [-0.15, -0.1) is 0 Å². The first-order chi connectivity index (χ1) is 9.22. The van der Waals surface area contributed by atoms with Crippen molar-refractivity contribution < 1.29 is 0 Å². The van der Waals surface area contributed by atoms with Crippen molar-refractivity contribution >= 4 is 27.5 Å². The van der Waals surface area contributed by atoms with Gasteiger partial charge in [-0.05, 0) is 41.7 Å². The van der Waals surface area contributed by atoms with Gasteiger partial charge in [-0.25, -0.2) is 0 Å². The first-order valence-electron chi connectivity index (χ1n) is 6.46. The van der Waals surface area contributed by atoms with Crippen LogP contribution in [0.25, 0.3) is 0 Å². The van der Waals surface area contributed by atoms with Gasteiger partial charge in [-0.3, -0.25) is 0 Å². The van der Waals surface area contributed by atoms with E-state index in [4.69, 9.17) is 11.6 Å². The molecule has 3 heteroatoms. The highest BCUT2D eigenvalue weighted by molar-refractivity contribution is 9.10. The van der Waals surface area contributed by atoms with Gasteiger partial charge in [0.25, 0.3) is 0 Å². The van der Waals surface area contributed by atoms with Gasteiger partial charge < -0.3 is 5.32 Å². The van der Waals surface area contributed by atoms with Crippen LogP contribution >= 0.6 is 27.5 Å². The molecule has 0 saturated carbocycles. The minimum Gasteiger partial charge on any atom is -0.309 e. The monoisotopic (exact) mass is 335 g/mol. The molecular weight excluding hydrogens is 322 g/mol. The van der Waals surface area contributed by atoms with E-state index in [0.29, 0.717) is 6.04 Å². The summed E-state index contributed by atoms with van der Waals surface area (Å²) < 4.78 is 1.06. The summed E-state index contributed by atoms with van der Waals surface area (Å²) in [4.78, 5) is 0. The second kappa shape index (κ2) is 5.66. The molecule has 1 aliphatic rings. The fourth-order valence-electron chi connectivity index (χ4n) is 2.66. The number of fused-ring (bicyclic) bond motifs is 1. The van der Waals surface area contributed by atoms with Crippen molar-refractivity contribution in [2.45, 2.75) is 25.4 Å². The van der Waals surface area contributed by atoms with Crippen LogP contribution in [0.3, 0.4) is 0 Å². The van der Waals surface area contributed by atoms with Gasteiger partial charge in [0.15, 0.2) is 0 Å². The largest absolute Gasteiger partial charge is 0.309 e. The van der Waals surface area contributed by atoms with Crippen molar-refractivity contribution in [1.82, 2.24) is 5.32 Å². The Bertz CT molecular complexity index is 583. The molecule has 1 unspecified atom stereocenters. The highest BCUT2D eigenvalue weighted by atomic mass is 79.9. The molecule has 2 aromatic rings. The first kappa shape index (κ1) is 13.2. The molecule has 19 heavy (non-hydrogen) atoms. The number of rotatable bonds is 2. The number of benzene rings is 2. The SMILES string of the molecule is Clc1cc(Br)cc2c1CC(Cc1ccccc1)NC2. The highest BCUT2D eigenvalue weighted by Gasteiger charge is 2.20. The van der Waals surface area contributed by atoms with E-state index in [1.807, 2.05) is 6.07 Å². The third-order valence-corrected chi connectivity index (χ3v) is 4.40. The van der Waals surface area contributed by atoms with Crippen LogP contribution in [0.15, 0.2) is 46.9 Å². The predicted molar refractivity (Wildman–Crippen MR) is 83.6 cm³/mol. The Labute approximate surface area is 127 Å². The minimum absolute atomic E-state index is 0.466. The fourth-order valence-corrected chi connectivity index (χ4v) is 3.61. The Morgan fingerprint density at radius 2 is 2.00 bits per heavy atom. The molecule has 1 nitrogen and oxygen atoms in total. The molecule has 3 rings (SSSR count). The third kappa shape index (κ3) is 3.02. The van der Waals surface area contributed by atoms with Crippen molar-refractivity contribution in [3.8, 4) is 0 Å². The predicted octanol–water partition coefficient (Wildman–Crippen LogP) is 4.36. The number of hydrogen-bond acceptors (Lipinski definition) is 1. The van der Waals surface area contributed by atoms with Crippen molar-refractivity contribution in [2.24, 2.45) is 0 Å². The van der Waals surface area contributed by atoms with Crippen LogP contribution in [-0.4, -0.2) is 6.04 Å². The third-order valence-electron chi connectivity index (χ3n) is 3.61. The van der Waals surface area contributed by atoms with Crippen LogP contribution in [0.1, 0.15) is 16.7 Å². The standard InChI is InChI=1S/C16H15BrClN/c17-13-7-12-10-19-14(9-15(12)16(18)8-13)6-11-4-2-1-3-5-11/h1-5,7-8,14,19H,6,9-10H2. The maximum absolute atomic E-state index is 6.36. The van der Waals surface area contributed by atoms with Crippen molar-refractivity contribution in [1.29, 1.82) is 0 Å². The molecule has 0 spiro atoms. The molecular formula is C16H15BrClN. The molecule has 0 aromatic heterocycles. The summed E-state index contributed by atoms with van der Waals surface area (Å²) in [5, 5.41) is 4.48. The van der Waals surface area contributed by atoms with Gasteiger partial charge in [0, 0.05) is 22.1 Å². The summed E-state index contributed by atoms with van der Waals surface area (Å²) in [5.41, 5.74) is 3.98. The zero-order valence-corrected chi connectivity index (χ0v) is 12.8. The van der Waals surface area contributed by atoms with Crippen LogP contribution in [-0.2, 0) is 19.4 Å². The molecule has 2 aromatic carbocycles. The molecule has 0 radical (unpaired) electrons. The van der Waals surface area contributed by atoms with Crippen molar-refractivity contribution in [3.63, 3.8) is 0 Å². The Morgan fingerprint density at radius 3 is 2.79 bits per heavy atom. The maximum atomic E-state index is 6.36. The van der Waals surface area contributed by atoms with Crippen LogP contribution in [0.2, 0.25) is 5.02 Å². The van der Waals surface area contributed by atoms with Crippen LogP contribution in [0.5, 0.6) is 0 Å². The lowest BCUT2D eigenvalue weighted by atomic mass is 9.92. The quantitative estimate of drug-likeness (QED) is 0.859. The Morgan fingerprint density at radius 1 is 1.21 bits per heavy atom. The van der Waals surface area contributed by atoms with Gasteiger partial charge in [0.2, 0.25) is 0 Å². The average Bonchev–Trinajstić information content (AvgIpc) is 2.40. The lowest BCUT2D eigenvalue weighted by Gasteiger charge is -2.27. The Hall–Kier alpha value is -0.830. The van der Waals surface area contributed by atoms with Gasteiger partial charge in [0.1, 0.15) is 0 Å². The minimum atomic E-state index is 0.466. The first-order valence-corrected chi connectivity index (χ1v) is 7.63. The Kier molecular flexibility index (Phi) is 3.92. The molecule has 1 N–H and O–H groups in total. The molecule has 0 bridgehead atoms. The van der Waals surface area contributed by atoms with Crippen molar-refractivity contribution in [3.05, 3.63) is 68.7 Å². The fraction of sp³-hybridized carbons (Fsp3) is 0.250. The van der Waals surface area contributed by atoms with Crippen molar-refractivity contribution in [2.75, 3.05) is 0 Å². The van der Waals surface area contributed by atoms with Gasteiger partial charge in [-0.2, -0.15) is 0 Å². The smallest absolute Gasteiger partial charge is 0.0453 e. The molecule has 98 valence electrons. The second-order valence-electron chi connectivity index (χ2n) is 5.00. The van der Waals surface area contributed by atoms with E-state index >= 15 is 0 Å². The van der Waals surface area contributed by atoms with E-state index in [-0.39, 0.29) is 0 Å². The molecule has 0 amide bonds. The average molecular weight is 337 g/mol. The van der Waals surface area contributed by atoms with E-state index in [2.05, 4.69) is 57.6 Å². The van der Waals surface area contributed by atoms with Gasteiger partial charge in [0.05, 0.1) is 0 Å². The summed E-state index contributed by atoms with van der Waals surface area (Å²) >= 11 is 9.86. The van der Waals surface area contributed by atoms with E-state index in [1.54, 1.807) is 0 Å². The summed E-state index contributed by atoms with van der Waals surface area (Å²) in [7, 11) is 0. The van der Waals surface area contributed by atoms with Gasteiger partial charge >= 0.3 is 0 Å². The molecule has 0 aliphatic carbocycles. The summed E-state index contributed by atoms with van der Waals surface area (Å²) in [6, 6.07) is 15.2. The Balaban J connectivity index is 1.79. The van der Waals surface area contributed by atoms with Crippen LogP contribution < -0.4 is 5.32 Å². The number of hydrogen-bond donors (Lipinski definition) is 1. The molecule has 0 fully saturated rings. The maximum Gasteiger partial charge on any atom is 0.0453 e. The topological polar surface area (TPSA) is 12.0 Å². The summed E-state index contributed by atoms with van der Waals surface area (Å²) in [5.74, 6) is 0. The summed E-state index contributed by atoms with van der Waals surface area (Å²) in [6.07, 6.45) is 2.04. The normalized spacial score (nSPS) is 18.1. The summed E-state index contributed by atoms with van der Waals surface area (Å²) in [6.45, 7) is 0.895. The van der Waals surface area contributed by atoms with E-state index < -0.39 is 0 Å². The van der Waals surface area contributed by atoms with Gasteiger partial charge in [-0.1, -0.05) is 57.9 Å². The zero-order valence-electron chi connectivity index (χ0n) is 10.5. The second-order valence-corrected chi connectivity index (χ2v) is 6.32. The molecule has 1 atom stereocenters. The molecule has 1 heterocycles. The molecule has 1 aliphatic heterocycles. The lowest BCUT2D eigenvalue weighted by molar-refractivity contribution is 0.477. The zero-order chi connectivity index (χ0) is 13.2. The number of halogens is 2. The highest BCUT2D eigenvalue weighted by Crippen LogP contribution is 2.29. The number of nitrogens with one attached hydrogen (secondary N) is 1. The lowest BCUT2D eigenvalue weighted by Crippen LogP contribution is -2.37. The van der Waals surface area contributed by atoms with E-state index in [0.717, 1.165) is 28.9 Å².